The second kappa shape index (κ2) is 12.7. The Balaban J connectivity index is 0.00000408. The van der Waals surface area contributed by atoms with Gasteiger partial charge in [0.1, 0.15) is 28.8 Å². The van der Waals surface area contributed by atoms with Crippen molar-refractivity contribution in [1.82, 2.24) is 23.0 Å². The Morgan fingerprint density at radius 3 is 2.22 bits per heavy atom. The van der Waals surface area contributed by atoms with E-state index in [4.69, 9.17) is 21.8 Å². The van der Waals surface area contributed by atoms with E-state index in [1.165, 1.54) is 29.0 Å². The van der Waals surface area contributed by atoms with Crippen molar-refractivity contribution < 1.29 is 65.8 Å². The molecule has 22 heteroatoms. The molecule has 1 aliphatic heterocycles. The minimum absolute atomic E-state index is 0. The van der Waals surface area contributed by atoms with Crippen LogP contribution >= 0.6 is 35.7 Å². The molecule has 3 rings (SSSR count). The van der Waals surface area contributed by atoms with Crippen LogP contribution in [0.1, 0.15) is 6.23 Å². The molecule has 3 unspecified atom stereocenters. The van der Waals surface area contributed by atoms with Gasteiger partial charge in [0.15, 0.2) is 6.23 Å². The number of phosphoric ester groups is 1. The second-order valence-corrected chi connectivity index (χ2v) is 11.3. The van der Waals surface area contributed by atoms with E-state index in [0.29, 0.717) is 10.8 Å². The average Bonchev–Trinajstić information content (AvgIpc) is 2.93. The standard InChI is InChI=1S/C14H17FNO13P3S.3H3N/c15-8-2-1-7-3-4-16(14(33)9(7)5-8)13-12(18)11(17)10(27-13)6-26-31(22,23)29-32(24,25)28-30(19,20)21;;;/h1-5,10-13,17-18H,6H2,(H,22,23)(H,24,25)(H2,19,20,21);3*1H3/t10-,11-,12-,13-;;;/m1.../s1. The third-order valence-corrected chi connectivity index (χ3v) is 8.43. The summed E-state index contributed by atoms with van der Waals surface area (Å²) in [4.78, 5) is 41.7. The van der Waals surface area contributed by atoms with E-state index < -0.39 is 60.4 Å². The van der Waals surface area contributed by atoms with E-state index >= 15 is 0 Å². The number of phosphoric acid groups is 3. The van der Waals surface area contributed by atoms with Gasteiger partial charge in [0.25, 0.3) is 23.5 Å². The van der Waals surface area contributed by atoms with E-state index in [-0.39, 0.29) is 23.1 Å². The van der Waals surface area contributed by atoms with Crippen molar-refractivity contribution >= 4 is 46.5 Å². The van der Waals surface area contributed by atoms with Crippen molar-refractivity contribution in [2.24, 2.45) is 0 Å². The molecule has 0 spiro atoms. The Labute approximate surface area is 207 Å². The van der Waals surface area contributed by atoms with Gasteiger partial charge in [-0.25, -0.2) is 13.0 Å². The summed E-state index contributed by atoms with van der Waals surface area (Å²) in [6.07, 6.45) is -4.96. The third-order valence-electron chi connectivity index (χ3n) is 4.31. The van der Waals surface area contributed by atoms with Crippen LogP contribution in [-0.4, -0.2) is 44.6 Å². The van der Waals surface area contributed by atoms with E-state index in [1.807, 2.05) is 0 Å². The lowest BCUT2D eigenvalue weighted by molar-refractivity contribution is -0.250. The molecule has 1 fully saturated rings. The number of aliphatic hydroxyl groups is 2. The number of quaternary nitrogens is 3. The normalized spacial score (nSPS) is 26.4. The van der Waals surface area contributed by atoms with Gasteiger partial charge >= 0.3 is 0 Å². The molecule has 0 radical (unpaired) electrons. The van der Waals surface area contributed by atoms with Crippen LogP contribution in [0, 0.1) is 10.5 Å². The lowest BCUT2D eigenvalue weighted by atomic mass is 10.1. The van der Waals surface area contributed by atoms with Crippen LogP contribution in [0.2, 0.25) is 0 Å². The molecular formula is C14H26FN4O13P3S. The highest BCUT2D eigenvalue weighted by Gasteiger charge is 2.44. The number of hydrogen-bond acceptors (Lipinski definition) is 13. The van der Waals surface area contributed by atoms with Crippen LogP contribution in [0.15, 0.2) is 30.5 Å². The van der Waals surface area contributed by atoms with Crippen LogP contribution in [0.5, 0.6) is 0 Å². The highest BCUT2D eigenvalue weighted by atomic mass is 32.1. The molecule has 7 atom stereocenters. The molecule has 36 heavy (non-hydrogen) atoms. The Kier molecular flexibility index (Phi) is 12.3. The summed E-state index contributed by atoms with van der Waals surface area (Å²) in [5.74, 6) is -0.578. The molecule has 0 bridgehead atoms. The molecule has 0 saturated carbocycles. The monoisotopic (exact) mass is 602 g/mol. The lowest BCUT2D eigenvalue weighted by Gasteiger charge is -2.33. The average molecular weight is 602 g/mol. The molecule has 15 N–H and O–H groups in total. The van der Waals surface area contributed by atoms with Crippen molar-refractivity contribution in [3.63, 3.8) is 0 Å². The summed E-state index contributed by atoms with van der Waals surface area (Å²) < 4.78 is 64.4. The molecule has 0 aliphatic carbocycles. The van der Waals surface area contributed by atoms with Gasteiger partial charge in [-0.3, -0.25) is 13.7 Å². The van der Waals surface area contributed by atoms with E-state index in [2.05, 4.69) is 13.1 Å². The number of benzene rings is 1. The van der Waals surface area contributed by atoms with Crippen LogP contribution in [0.3, 0.4) is 0 Å². The molecule has 1 aliphatic rings. The largest absolute Gasteiger partial charge is 0.756 e. The number of pyridine rings is 1. The van der Waals surface area contributed by atoms with Gasteiger partial charge in [0.2, 0.25) is 0 Å². The zero-order valence-corrected chi connectivity index (χ0v) is 22.4. The quantitative estimate of drug-likeness (QED) is 0.179. The molecule has 1 aromatic carbocycles. The fourth-order valence-electron chi connectivity index (χ4n) is 2.98. The van der Waals surface area contributed by atoms with E-state index in [0.717, 1.165) is 6.07 Å². The summed E-state index contributed by atoms with van der Waals surface area (Å²) in [7, 11) is -17.8. The molecule has 17 nitrogen and oxygen atoms in total. The summed E-state index contributed by atoms with van der Waals surface area (Å²) in [6.45, 7) is -1.08. The number of nitrogens with zero attached hydrogens (tertiary/aromatic N) is 1. The number of fused-ring (bicyclic) bond motifs is 1. The number of ether oxygens (including phenoxy) is 1. The zero-order valence-electron chi connectivity index (χ0n) is 18.9. The van der Waals surface area contributed by atoms with Crippen molar-refractivity contribution in [1.29, 1.82) is 0 Å². The van der Waals surface area contributed by atoms with Gasteiger partial charge in [-0.1, -0.05) is 18.3 Å². The van der Waals surface area contributed by atoms with Gasteiger partial charge in [0, 0.05) is 11.6 Å². The summed E-state index contributed by atoms with van der Waals surface area (Å²) in [5.41, 5.74) is 0. The summed E-state index contributed by atoms with van der Waals surface area (Å²) in [5, 5.41) is 21.4. The van der Waals surface area contributed by atoms with Crippen molar-refractivity contribution in [3.8, 4) is 0 Å². The molecule has 2 aromatic rings. The number of aromatic nitrogens is 1. The lowest BCUT2D eigenvalue weighted by Crippen LogP contribution is -2.34. The maximum Gasteiger partial charge on any atom is 0.280 e. The molecular weight excluding hydrogens is 576 g/mol. The van der Waals surface area contributed by atoms with Crippen LogP contribution in [0.4, 0.5) is 4.39 Å². The highest BCUT2D eigenvalue weighted by molar-refractivity contribution is 7.71. The Bertz CT molecular complexity index is 1260. The number of aliphatic hydroxyl groups excluding tert-OH is 2. The topological polar surface area (TPSA) is 332 Å². The Morgan fingerprint density at radius 1 is 1.03 bits per heavy atom. The third kappa shape index (κ3) is 8.49. The summed E-state index contributed by atoms with van der Waals surface area (Å²) >= 11 is 5.28. The molecule has 2 heterocycles. The molecule has 208 valence electrons. The maximum absolute atomic E-state index is 13.6. The first-order chi connectivity index (χ1) is 15.1. The summed E-state index contributed by atoms with van der Waals surface area (Å²) in [6, 6.07) is 5.35. The van der Waals surface area contributed by atoms with E-state index in [1.54, 1.807) is 0 Å². The van der Waals surface area contributed by atoms with Crippen molar-refractivity contribution in [2.45, 2.75) is 24.5 Å². The smallest absolute Gasteiger partial charge is 0.280 e. The molecule has 0 amide bonds. The molecule has 1 aromatic heterocycles. The Hall–Kier alpha value is -1.05. The fraction of sp³-hybridized carbons (Fsp3) is 0.357. The minimum Gasteiger partial charge on any atom is -0.756 e. The number of halogens is 1. The van der Waals surface area contributed by atoms with Crippen LogP contribution in [0.25, 0.3) is 10.8 Å². The van der Waals surface area contributed by atoms with E-state index in [9.17, 15) is 43.0 Å². The zero-order chi connectivity index (χ0) is 24.8. The SMILES string of the molecule is O=P([O-])(O)OP(=O)([O-])OP(=O)([O-])OC[C@H]1O[C@@H](n2ccc3ccc(F)cc3c2=S)[C@H](O)[C@@H]1O.[NH4+].[NH4+].[NH4+]. The second-order valence-electron chi connectivity index (χ2n) is 6.63. The highest BCUT2D eigenvalue weighted by Crippen LogP contribution is 2.61. The van der Waals surface area contributed by atoms with Crippen molar-refractivity contribution in [3.05, 3.63) is 40.9 Å². The van der Waals surface area contributed by atoms with Gasteiger partial charge < -0.3 is 62.1 Å². The fourth-order valence-corrected chi connectivity index (χ4v) is 6.21. The van der Waals surface area contributed by atoms with Gasteiger partial charge in [-0.05, 0) is 23.6 Å². The maximum atomic E-state index is 13.6. The molecule has 1 saturated heterocycles. The van der Waals surface area contributed by atoms with Gasteiger partial charge in [0.05, 0.1) is 6.61 Å². The van der Waals surface area contributed by atoms with Gasteiger partial charge in [-0.15, -0.1) is 0 Å². The number of rotatable bonds is 8. The first-order valence-electron chi connectivity index (χ1n) is 8.64. The predicted octanol–water partition coefficient (Wildman–Crippen LogP) is 0.705. The van der Waals surface area contributed by atoms with Crippen LogP contribution in [-0.2, 0) is 31.6 Å². The van der Waals surface area contributed by atoms with Gasteiger partial charge in [-0.2, -0.15) is 0 Å². The Morgan fingerprint density at radius 2 is 1.64 bits per heavy atom. The first kappa shape index (κ1) is 35.0. The first-order valence-corrected chi connectivity index (χ1v) is 13.5. The number of hydrogen-bond donors (Lipinski definition) is 6. The van der Waals surface area contributed by atoms with Crippen LogP contribution < -0.4 is 33.1 Å². The minimum atomic E-state index is -6.10. The van der Waals surface area contributed by atoms with Crippen molar-refractivity contribution in [2.75, 3.05) is 6.61 Å². The predicted molar refractivity (Wildman–Crippen MR) is 120 cm³/mol.